The molecule has 116 valence electrons. The maximum atomic E-state index is 13.8. The van der Waals surface area contributed by atoms with Gasteiger partial charge in [0.05, 0.1) is 0 Å². The van der Waals surface area contributed by atoms with Crippen molar-refractivity contribution in [2.45, 2.75) is 25.3 Å². The number of carbonyl (C=O) groups excluding carboxylic acids is 1. The van der Waals surface area contributed by atoms with Crippen LogP contribution in [-0.2, 0) is 16.0 Å². The van der Waals surface area contributed by atoms with Crippen LogP contribution in [0.5, 0.6) is 5.75 Å². The molecule has 1 aromatic rings. The molecule has 0 bridgehead atoms. The number of hydrogen-bond donors (Lipinski definition) is 2. The first-order valence-corrected chi connectivity index (χ1v) is 7.18. The molecule has 5 nitrogen and oxygen atoms in total. The summed E-state index contributed by atoms with van der Waals surface area (Å²) < 4.78 is 24.3. The summed E-state index contributed by atoms with van der Waals surface area (Å²) in [5, 5.41) is 2.87. The first-order chi connectivity index (χ1) is 10.2. The third kappa shape index (κ3) is 4.68. The van der Waals surface area contributed by atoms with Gasteiger partial charge in [-0.1, -0.05) is 12.1 Å². The first kappa shape index (κ1) is 15.7. The highest BCUT2D eigenvalue weighted by Crippen LogP contribution is 2.22. The lowest BCUT2D eigenvalue weighted by atomic mass is 10.1. The second-order valence-electron chi connectivity index (χ2n) is 5.01. The summed E-state index contributed by atoms with van der Waals surface area (Å²) >= 11 is 0. The molecule has 0 radical (unpaired) electrons. The standard InChI is InChI=1S/C15H21FN2O3/c16-13-3-1-2-11(4-7-17)15(13)21-10-14(19)18-12-5-8-20-9-6-12/h1-3,12H,4-10,17H2,(H,18,19). The van der Waals surface area contributed by atoms with Crippen molar-refractivity contribution in [1.29, 1.82) is 0 Å². The fourth-order valence-corrected chi connectivity index (χ4v) is 2.32. The number of hydrogen-bond acceptors (Lipinski definition) is 4. The number of nitrogens with two attached hydrogens (primary N) is 1. The van der Waals surface area contributed by atoms with Gasteiger partial charge in [0.25, 0.3) is 5.91 Å². The minimum atomic E-state index is -0.472. The van der Waals surface area contributed by atoms with E-state index in [-0.39, 0.29) is 24.3 Å². The zero-order valence-corrected chi connectivity index (χ0v) is 11.9. The molecule has 1 aromatic carbocycles. The molecule has 1 heterocycles. The van der Waals surface area contributed by atoms with Crippen molar-refractivity contribution < 1.29 is 18.7 Å². The van der Waals surface area contributed by atoms with Crippen molar-refractivity contribution in [2.75, 3.05) is 26.4 Å². The van der Waals surface area contributed by atoms with Gasteiger partial charge in [-0.25, -0.2) is 4.39 Å². The Morgan fingerprint density at radius 2 is 2.19 bits per heavy atom. The van der Waals surface area contributed by atoms with Crippen molar-refractivity contribution >= 4 is 5.91 Å². The van der Waals surface area contributed by atoms with Crippen LogP contribution in [0, 0.1) is 5.82 Å². The van der Waals surface area contributed by atoms with Gasteiger partial charge in [-0.3, -0.25) is 4.79 Å². The molecule has 1 amide bonds. The number of carbonyl (C=O) groups is 1. The molecule has 1 fully saturated rings. The van der Waals surface area contributed by atoms with E-state index in [1.54, 1.807) is 12.1 Å². The van der Waals surface area contributed by atoms with E-state index >= 15 is 0 Å². The summed E-state index contributed by atoms with van der Waals surface area (Å²) in [4.78, 5) is 11.8. The Morgan fingerprint density at radius 3 is 2.90 bits per heavy atom. The van der Waals surface area contributed by atoms with Crippen molar-refractivity contribution in [2.24, 2.45) is 5.73 Å². The number of halogens is 1. The maximum Gasteiger partial charge on any atom is 0.258 e. The Labute approximate surface area is 123 Å². The molecule has 0 atom stereocenters. The summed E-state index contributed by atoms with van der Waals surface area (Å²) in [5.74, 6) is -0.603. The Balaban J connectivity index is 1.88. The normalized spacial score (nSPS) is 15.7. The number of ether oxygens (including phenoxy) is 2. The van der Waals surface area contributed by atoms with Gasteiger partial charge >= 0.3 is 0 Å². The van der Waals surface area contributed by atoms with Crippen molar-refractivity contribution in [3.63, 3.8) is 0 Å². The van der Waals surface area contributed by atoms with Crippen LogP contribution in [0.15, 0.2) is 18.2 Å². The SMILES string of the molecule is NCCc1cccc(F)c1OCC(=O)NC1CCOCC1. The fraction of sp³-hybridized carbons (Fsp3) is 0.533. The van der Waals surface area contributed by atoms with E-state index < -0.39 is 5.82 Å². The Kier molecular flexibility index (Phi) is 5.95. The third-order valence-corrected chi connectivity index (χ3v) is 3.40. The Hall–Kier alpha value is -1.66. The monoisotopic (exact) mass is 296 g/mol. The van der Waals surface area contributed by atoms with Crippen molar-refractivity contribution in [1.82, 2.24) is 5.32 Å². The summed E-state index contributed by atoms with van der Waals surface area (Å²) in [6.07, 6.45) is 2.10. The van der Waals surface area contributed by atoms with E-state index in [9.17, 15) is 9.18 Å². The van der Waals surface area contributed by atoms with Crippen molar-refractivity contribution in [3.05, 3.63) is 29.6 Å². The van der Waals surface area contributed by atoms with E-state index in [0.717, 1.165) is 12.8 Å². The molecule has 0 saturated carbocycles. The minimum Gasteiger partial charge on any atom is -0.480 e. The van der Waals surface area contributed by atoms with E-state index in [4.69, 9.17) is 15.2 Å². The first-order valence-electron chi connectivity index (χ1n) is 7.18. The second kappa shape index (κ2) is 7.95. The second-order valence-corrected chi connectivity index (χ2v) is 5.01. The van der Waals surface area contributed by atoms with Gasteiger partial charge in [-0.2, -0.15) is 0 Å². The van der Waals surface area contributed by atoms with Gasteiger partial charge in [0.1, 0.15) is 0 Å². The van der Waals surface area contributed by atoms with Gasteiger partial charge < -0.3 is 20.5 Å². The molecule has 0 spiro atoms. The van der Waals surface area contributed by atoms with Gasteiger partial charge in [0.2, 0.25) is 0 Å². The smallest absolute Gasteiger partial charge is 0.258 e. The number of rotatable bonds is 6. The Morgan fingerprint density at radius 1 is 1.43 bits per heavy atom. The summed E-state index contributed by atoms with van der Waals surface area (Å²) in [7, 11) is 0. The van der Waals surface area contributed by atoms with Crippen molar-refractivity contribution in [3.8, 4) is 5.75 Å². The molecule has 1 aliphatic rings. The van der Waals surface area contributed by atoms with Gasteiger partial charge in [0, 0.05) is 19.3 Å². The lowest BCUT2D eigenvalue weighted by Gasteiger charge is -2.23. The molecule has 0 aliphatic carbocycles. The predicted octanol–water partition coefficient (Wildman–Crippen LogP) is 1.00. The van der Waals surface area contributed by atoms with E-state index in [0.29, 0.717) is 31.7 Å². The highest BCUT2D eigenvalue weighted by Gasteiger charge is 2.17. The van der Waals surface area contributed by atoms with Crippen LogP contribution in [0.3, 0.4) is 0 Å². The summed E-state index contributed by atoms with van der Waals surface area (Å²) in [6, 6.07) is 4.78. The number of nitrogens with one attached hydrogen (secondary N) is 1. The molecular weight excluding hydrogens is 275 g/mol. The van der Waals surface area contributed by atoms with Crippen LogP contribution < -0.4 is 15.8 Å². The molecule has 3 N–H and O–H groups in total. The quantitative estimate of drug-likeness (QED) is 0.821. The molecule has 0 aromatic heterocycles. The summed E-state index contributed by atoms with van der Waals surface area (Å²) in [5.41, 5.74) is 6.17. The summed E-state index contributed by atoms with van der Waals surface area (Å²) in [6.45, 7) is 1.50. The predicted molar refractivity (Wildman–Crippen MR) is 76.6 cm³/mol. The maximum absolute atomic E-state index is 13.8. The average molecular weight is 296 g/mol. The van der Waals surface area contributed by atoms with Gasteiger partial charge in [0.15, 0.2) is 18.2 Å². The van der Waals surface area contributed by atoms with Gasteiger partial charge in [-0.15, -0.1) is 0 Å². The van der Waals surface area contributed by atoms with Crippen LogP contribution in [0.1, 0.15) is 18.4 Å². The van der Waals surface area contributed by atoms with E-state index in [1.165, 1.54) is 6.07 Å². The lowest BCUT2D eigenvalue weighted by molar-refractivity contribution is -0.124. The zero-order valence-electron chi connectivity index (χ0n) is 11.9. The average Bonchev–Trinajstić information content (AvgIpc) is 2.48. The Bertz CT molecular complexity index is 476. The molecule has 1 saturated heterocycles. The van der Waals surface area contributed by atoms with Crippen LogP contribution in [-0.4, -0.2) is 38.3 Å². The molecule has 1 aliphatic heterocycles. The number of amides is 1. The highest BCUT2D eigenvalue weighted by atomic mass is 19.1. The van der Waals surface area contributed by atoms with E-state index in [2.05, 4.69) is 5.32 Å². The van der Waals surface area contributed by atoms with Crippen LogP contribution >= 0.6 is 0 Å². The minimum absolute atomic E-state index is 0.110. The number of benzene rings is 1. The van der Waals surface area contributed by atoms with Gasteiger partial charge in [-0.05, 0) is 37.4 Å². The molecule has 2 rings (SSSR count). The van der Waals surface area contributed by atoms with Crippen LogP contribution in [0.2, 0.25) is 0 Å². The molecule has 21 heavy (non-hydrogen) atoms. The zero-order chi connectivity index (χ0) is 15.1. The topological polar surface area (TPSA) is 73.6 Å². The number of para-hydroxylation sites is 1. The largest absolute Gasteiger partial charge is 0.480 e. The molecule has 6 heteroatoms. The third-order valence-electron chi connectivity index (χ3n) is 3.40. The highest BCUT2D eigenvalue weighted by molar-refractivity contribution is 5.77. The molecule has 0 unspecified atom stereocenters. The molecular formula is C15H21FN2O3. The fourth-order valence-electron chi connectivity index (χ4n) is 2.32. The van der Waals surface area contributed by atoms with Crippen LogP contribution in [0.25, 0.3) is 0 Å². The van der Waals surface area contributed by atoms with Crippen LogP contribution in [0.4, 0.5) is 4.39 Å². The lowest BCUT2D eigenvalue weighted by Crippen LogP contribution is -2.41. The van der Waals surface area contributed by atoms with E-state index in [1.807, 2.05) is 0 Å².